The summed E-state index contributed by atoms with van der Waals surface area (Å²) in [5.74, 6) is -3.01. The number of halogens is 3. The summed E-state index contributed by atoms with van der Waals surface area (Å²) < 4.78 is 31.5. The molecular weight excluding hydrogens is 199 g/mol. The van der Waals surface area contributed by atoms with Crippen molar-refractivity contribution in [1.29, 1.82) is 0 Å². The molecule has 0 aliphatic rings. The van der Waals surface area contributed by atoms with Gasteiger partial charge in [0, 0.05) is 0 Å². The molecule has 2 N–H and O–H groups in total. The average molecular weight is 213 g/mol. The summed E-state index contributed by atoms with van der Waals surface area (Å²) >= 11 is 0. The minimum atomic E-state index is -5.19. The van der Waals surface area contributed by atoms with Gasteiger partial charge in [-0.05, 0) is 19.4 Å². The number of carboxylic acid groups (broad SMARTS) is 1. The lowest BCUT2D eigenvalue weighted by molar-refractivity contribution is -0.644. The monoisotopic (exact) mass is 213 g/mol. The van der Waals surface area contributed by atoms with Crippen LogP contribution in [0.25, 0.3) is 0 Å². The molecule has 0 saturated carbocycles. The molecule has 3 nitrogen and oxygen atoms in total. The summed E-state index contributed by atoms with van der Waals surface area (Å²) in [6, 6.07) is 0. The van der Waals surface area contributed by atoms with Crippen LogP contribution < -0.4 is 10.4 Å². The summed E-state index contributed by atoms with van der Waals surface area (Å²) in [6.45, 7) is 10.2. The van der Waals surface area contributed by atoms with E-state index in [0.717, 1.165) is 13.1 Å². The van der Waals surface area contributed by atoms with Crippen LogP contribution in [0, 0.1) is 0 Å². The van der Waals surface area contributed by atoms with Gasteiger partial charge in [-0.1, -0.05) is 6.58 Å². The summed E-state index contributed by atoms with van der Waals surface area (Å²) in [6.07, 6.45) is -5.19. The van der Waals surface area contributed by atoms with Crippen LogP contribution in [0.1, 0.15) is 13.8 Å². The number of likely N-dealkylation sites (N-methyl/N-ethyl adjacent to an activating group) is 1. The lowest BCUT2D eigenvalue weighted by Crippen LogP contribution is -2.83. The highest BCUT2D eigenvalue weighted by Crippen LogP contribution is 2.11. The standard InChI is InChI=1S/C6H13N.C2HF3O2/c1-4-7-5-6(2)3;3-2(4,5)1(6)7/h7H,2,4-5H2,1,3H3;(H,6,7). The molecule has 0 aromatic carbocycles. The largest absolute Gasteiger partial charge is 0.542 e. The third kappa shape index (κ3) is 13.5. The van der Waals surface area contributed by atoms with Gasteiger partial charge in [-0.25, -0.2) is 0 Å². The number of carbonyl (C=O) groups is 1. The zero-order chi connectivity index (χ0) is 11.8. The van der Waals surface area contributed by atoms with Crippen molar-refractivity contribution in [2.75, 3.05) is 13.1 Å². The Balaban J connectivity index is 0. The fourth-order valence-corrected chi connectivity index (χ4v) is 0.391. The fourth-order valence-electron chi connectivity index (χ4n) is 0.391. The first kappa shape index (κ1) is 15.4. The molecule has 0 heterocycles. The second-order valence-electron chi connectivity index (χ2n) is 2.64. The van der Waals surface area contributed by atoms with E-state index in [4.69, 9.17) is 9.90 Å². The second kappa shape index (κ2) is 7.37. The van der Waals surface area contributed by atoms with Crippen LogP contribution in [0.5, 0.6) is 0 Å². The lowest BCUT2D eigenvalue weighted by atomic mass is 10.3. The van der Waals surface area contributed by atoms with Crippen molar-refractivity contribution in [3.05, 3.63) is 12.2 Å². The van der Waals surface area contributed by atoms with Crippen molar-refractivity contribution in [3.8, 4) is 0 Å². The molecule has 0 spiro atoms. The molecule has 0 amide bonds. The van der Waals surface area contributed by atoms with Crippen LogP contribution in [0.4, 0.5) is 13.2 Å². The van der Waals surface area contributed by atoms with Crippen molar-refractivity contribution in [2.24, 2.45) is 0 Å². The number of carboxylic acids is 1. The first-order valence-corrected chi connectivity index (χ1v) is 3.96. The Labute approximate surface area is 80.6 Å². The Kier molecular flexibility index (Phi) is 8.13. The summed E-state index contributed by atoms with van der Waals surface area (Å²) in [5.41, 5.74) is 1.25. The van der Waals surface area contributed by atoms with Crippen LogP contribution >= 0.6 is 0 Å². The predicted octanol–water partition coefficient (Wildman–Crippen LogP) is -0.556. The normalized spacial score (nSPS) is 10.1. The summed E-state index contributed by atoms with van der Waals surface area (Å²) in [4.78, 5) is 8.78. The Morgan fingerprint density at radius 1 is 1.50 bits per heavy atom. The molecule has 84 valence electrons. The molecule has 0 aromatic rings. The summed E-state index contributed by atoms with van der Waals surface area (Å²) in [7, 11) is 0. The van der Waals surface area contributed by atoms with Gasteiger partial charge in [0.25, 0.3) is 0 Å². The first-order chi connectivity index (χ1) is 6.21. The molecule has 6 heteroatoms. The number of hydrogen-bond acceptors (Lipinski definition) is 2. The molecule has 0 aliphatic carbocycles. The van der Waals surface area contributed by atoms with E-state index in [1.165, 1.54) is 5.57 Å². The van der Waals surface area contributed by atoms with Gasteiger partial charge in [-0.3, -0.25) is 0 Å². The number of rotatable bonds is 3. The van der Waals surface area contributed by atoms with Crippen molar-refractivity contribution in [2.45, 2.75) is 20.0 Å². The van der Waals surface area contributed by atoms with Gasteiger partial charge in [-0.2, -0.15) is 13.2 Å². The molecule has 0 unspecified atom stereocenters. The van der Waals surface area contributed by atoms with E-state index in [9.17, 15) is 13.2 Å². The zero-order valence-electron chi connectivity index (χ0n) is 8.15. The van der Waals surface area contributed by atoms with Gasteiger partial charge in [0.2, 0.25) is 0 Å². The van der Waals surface area contributed by atoms with Crippen molar-refractivity contribution in [3.63, 3.8) is 0 Å². The predicted molar refractivity (Wildman–Crippen MR) is 43.2 cm³/mol. The number of aliphatic carboxylic acids is 1. The highest BCUT2D eigenvalue weighted by Gasteiger charge is 2.28. The van der Waals surface area contributed by atoms with Crippen LogP contribution in [0.15, 0.2) is 12.2 Å². The van der Waals surface area contributed by atoms with E-state index in [1.807, 2.05) is 6.92 Å². The molecule has 0 aromatic heterocycles. The Morgan fingerprint density at radius 3 is 1.93 bits per heavy atom. The van der Waals surface area contributed by atoms with Crippen LogP contribution in [-0.4, -0.2) is 25.2 Å². The van der Waals surface area contributed by atoms with E-state index in [0.29, 0.717) is 0 Å². The van der Waals surface area contributed by atoms with Crippen molar-refractivity contribution >= 4 is 5.97 Å². The Bertz CT molecular complexity index is 190. The van der Waals surface area contributed by atoms with E-state index in [-0.39, 0.29) is 0 Å². The van der Waals surface area contributed by atoms with Gasteiger partial charge >= 0.3 is 6.18 Å². The summed E-state index contributed by atoms with van der Waals surface area (Å²) in [5, 5.41) is 11.0. The average Bonchev–Trinajstić information content (AvgIpc) is 2.00. The van der Waals surface area contributed by atoms with Crippen LogP contribution in [-0.2, 0) is 4.79 Å². The SMILES string of the molecule is C=C(C)C[NH2+]CC.O=C([O-])C(F)(F)F. The maximum atomic E-state index is 10.5. The Morgan fingerprint density at radius 2 is 1.86 bits per heavy atom. The number of alkyl halides is 3. The highest BCUT2D eigenvalue weighted by molar-refractivity contribution is 5.70. The zero-order valence-corrected chi connectivity index (χ0v) is 8.15. The van der Waals surface area contributed by atoms with Gasteiger partial charge in [0.15, 0.2) is 0 Å². The molecular formula is C8H14F3NO2. The smallest absolute Gasteiger partial charge is 0.430 e. The maximum Gasteiger partial charge on any atom is 0.430 e. The van der Waals surface area contributed by atoms with Crippen LogP contribution in [0.3, 0.4) is 0 Å². The van der Waals surface area contributed by atoms with Crippen molar-refractivity contribution in [1.82, 2.24) is 0 Å². The second-order valence-corrected chi connectivity index (χ2v) is 2.64. The van der Waals surface area contributed by atoms with Gasteiger partial charge < -0.3 is 15.2 Å². The molecule has 0 rings (SSSR count). The lowest BCUT2D eigenvalue weighted by Gasteiger charge is -2.03. The van der Waals surface area contributed by atoms with E-state index >= 15 is 0 Å². The van der Waals surface area contributed by atoms with Crippen LogP contribution in [0.2, 0.25) is 0 Å². The quantitative estimate of drug-likeness (QED) is 0.639. The molecule has 0 bridgehead atoms. The van der Waals surface area contributed by atoms with E-state index in [2.05, 4.69) is 18.8 Å². The minimum absolute atomic E-state index is 1.08. The number of quaternary nitrogens is 1. The Hall–Kier alpha value is -1.04. The number of carbonyl (C=O) groups excluding carboxylic acids is 1. The molecule has 0 fully saturated rings. The maximum absolute atomic E-state index is 10.5. The molecule has 0 radical (unpaired) electrons. The van der Waals surface area contributed by atoms with Gasteiger partial charge in [0.05, 0.1) is 13.1 Å². The van der Waals surface area contributed by atoms with Crippen molar-refractivity contribution < 1.29 is 28.4 Å². The van der Waals surface area contributed by atoms with Gasteiger partial charge in [0.1, 0.15) is 5.97 Å². The third-order valence-corrected chi connectivity index (χ3v) is 1.01. The molecule has 0 aliphatic heterocycles. The topological polar surface area (TPSA) is 56.7 Å². The fraction of sp³-hybridized carbons (Fsp3) is 0.625. The van der Waals surface area contributed by atoms with E-state index in [1.54, 1.807) is 0 Å². The highest BCUT2D eigenvalue weighted by atomic mass is 19.4. The number of nitrogens with two attached hydrogens (primary N) is 1. The number of hydrogen-bond donors (Lipinski definition) is 1. The van der Waals surface area contributed by atoms with Gasteiger partial charge in [-0.15, -0.1) is 0 Å². The third-order valence-electron chi connectivity index (χ3n) is 1.01. The molecule has 0 atom stereocenters. The van der Waals surface area contributed by atoms with E-state index < -0.39 is 12.1 Å². The molecule has 0 saturated heterocycles. The molecule has 14 heavy (non-hydrogen) atoms. The minimum Gasteiger partial charge on any atom is -0.542 e. The first-order valence-electron chi connectivity index (χ1n) is 3.96.